The zero-order valence-electron chi connectivity index (χ0n) is 16.8. The van der Waals surface area contributed by atoms with Crippen LogP contribution in [0.4, 0.5) is 17.1 Å². The molecule has 10 nitrogen and oxygen atoms in total. The Balaban J connectivity index is 1.74. The number of amides is 1. The number of aromatic nitrogens is 3. The first-order valence-electron chi connectivity index (χ1n) is 9.55. The SMILES string of the molecule is CCNc1ccc(N=C2C=Nn3nc(-c4ccccc4C(=O)O)nc32)c(NC(C)=O)c1. The summed E-state index contributed by atoms with van der Waals surface area (Å²) in [6.07, 6.45) is 1.51. The molecular formula is C21H19N7O3. The standard InChI is InChI=1S/C21H19N7O3/c1-3-22-13-8-9-16(17(10-13)24-12(2)29)25-18-11-23-28-20(18)26-19(27-28)14-6-4-5-7-15(14)21(30)31/h4-11,22H,3H2,1-2H3,(H,24,29)(H,30,31). The number of carboxylic acids is 1. The topological polar surface area (TPSA) is 134 Å². The molecule has 0 radical (unpaired) electrons. The molecule has 0 saturated heterocycles. The Morgan fingerprint density at radius 3 is 2.74 bits per heavy atom. The quantitative estimate of drug-likeness (QED) is 0.564. The molecule has 1 amide bonds. The number of aromatic carboxylic acids is 1. The molecule has 0 aliphatic carbocycles. The Morgan fingerprint density at radius 2 is 2.00 bits per heavy atom. The van der Waals surface area contributed by atoms with E-state index in [-0.39, 0.29) is 17.3 Å². The van der Waals surface area contributed by atoms with Gasteiger partial charge in [-0.1, -0.05) is 18.2 Å². The van der Waals surface area contributed by atoms with Crippen molar-refractivity contribution in [1.29, 1.82) is 0 Å². The molecule has 156 valence electrons. The van der Waals surface area contributed by atoms with E-state index in [1.54, 1.807) is 30.3 Å². The van der Waals surface area contributed by atoms with E-state index in [1.165, 1.54) is 24.0 Å². The van der Waals surface area contributed by atoms with E-state index in [9.17, 15) is 14.7 Å². The van der Waals surface area contributed by atoms with Crippen LogP contribution < -0.4 is 10.6 Å². The number of carboxylic acid groups (broad SMARTS) is 1. The highest BCUT2D eigenvalue weighted by Gasteiger charge is 2.23. The van der Waals surface area contributed by atoms with Crippen molar-refractivity contribution >= 4 is 40.9 Å². The molecule has 1 aromatic heterocycles. The summed E-state index contributed by atoms with van der Waals surface area (Å²) in [6, 6.07) is 11.9. The lowest BCUT2D eigenvalue weighted by molar-refractivity contribution is -0.114. The van der Waals surface area contributed by atoms with Crippen LogP contribution in [-0.2, 0) is 4.79 Å². The lowest BCUT2D eigenvalue weighted by Crippen LogP contribution is -2.08. The lowest BCUT2D eigenvalue weighted by Gasteiger charge is -2.10. The van der Waals surface area contributed by atoms with Crippen molar-refractivity contribution < 1.29 is 14.7 Å². The second-order valence-corrected chi connectivity index (χ2v) is 6.68. The van der Waals surface area contributed by atoms with Gasteiger partial charge in [0.05, 0.1) is 23.2 Å². The minimum Gasteiger partial charge on any atom is -0.478 e. The Morgan fingerprint density at radius 1 is 1.19 bits per heavy atom. The summed E-state index contributed by atoms with van der Waals surface area (Å²) in [5, 5.41) is 23.9. The van der Waals surface area contributed by atoms with Gasteiger partial charge >= 0.3 is 5.97 Å². The van der Waals surface area contributed by atoms with Crippen LogP contribution in [0.25, 0.3) is 11.4 Å². The highest BCUT2D eigenvalue weighted by Crippen LogP contribution is 2.30. The summed E-state index contributed by atoms with van der Waals surface area (Å²) in [7, 11) is 0. The number of rotatable bonds is 6. The summed E-state index contributed by atoms with van der Waals surface area (Å²) in [5.41, 5.74) is 2.85. The van der Waals surface area contributed by atoms with Crippen LogP contribution in [0.1, 0.15) is 30.0 Å². The van der Waals surface area contributed by atoms with Crippen LogP contribution in [0.5, 0.6) is 0 Å². The fourth-order valence-electron chi connectivity index (χ4n) is 3.14. The Kier molecular flexibility index (Phi) is 5.27. The van der Waals surface area contributed by atoms with Gasteiger partial charge in [-0.05, 0) is 31.2 Å². The molecule has 0 spiro atoms. The first-order valence-corrected chi connectivity index (χ1v) is 9.55. The van der Waals surface area contributed by atoms with Gasteiger partial charge in [0.1, 0.15) is 5.71 Å². The molecule has 0 fully saturated rings. The Labute approximate surface area is 177 Å². The third-order valence-electron chi connectivity index (χ3n) is 4.44. The van der Waals surface area contributed by atoms with Gasteiger partial charge in [-0.25, -0.2) is 14.8 Å². The number of hydrogen-bond acceptors (Lipinski definition) is 7. The third-order valence-corrected chi connectivity index (χ3v) is 4.44. The zero-order valence-corrected chi connectivity index (χ0v) is 16.8. The molecule has 1 aliphatic rings. The molecule has 3 aromatic rings. The number of aliphatic imine (C=N–C) groups is 1. The summed E-state index contributed by atoms with van der Waals surface area (Å²) >= 11 is 0. The Hall–Kier alpha value is -4.34. The monoisotopic (exact) mass is 417 g/mol. The van der Waals surface area contributed by atoms with Gasteiger partial charge in [0.2, 0.25) is 11.7 Å². The molecule has 0 atom stereocenters. The van der Waals surface area contributed by atoms with Gasteiger partial charge in [-0.3, -0.25) is 4.79 Å². The van der Waals surface area contributed by atoms with Crippen LogP contribution in [0.2, 0.25) is 0 Å². The molecule has 31 heavy (non-hydrogen) atoms. The number of anilines is 2. The fourth-order valence-corrected chi connectivity index (χ4v) is 3.14. The van der Waals surface area contributed by atoms with Crippen molar-refractivity contribution in [1.82, 2.24) is 14.9 Å². The summed E-state index contributed by atoms with van der Waals surface area (Å²) in [5.74, 6) is -0.670. The summed E-state index contributed by atoms with van der Waals surface area (Å²) < 4.78 is 0. The van der Waals surface area contributed by atoms with Crippen molar-refractivity contribution in [3.05, 3.63) is 53.9 Å². The van der Waals surface area contributed by atoms with Crippen molar-refractivity contribution in [3.8, 4) is 11.4 Å². The molecule has 4 rings (SSSR count). The van der Waals surface area contributed by atoms with E-state index in [4.69, 9.17) is 0 Å². The molecule has 0 unspecified atom stereocenters. The van der Waals surface area contributed by atoms with Gasteiger partial charge in [0.25, 0.3) is 0 Å². The molecule has 2 heterocycles. The second kappa shape index (κ2) is 8.19. The van der Waals surface area contributed by atoms with Crippen LogP contribution in [0.3, 0.4) is 0 Å². The van der Waals surface area contributed by atoms with Gasteiger partial charge in [0.15, 0.2) is 5.82 Å². The molecular weight excluding hydrogens is 398 g/mol. The van der Waals surface area contributed by atoms with Crippen molar-refractivity contribution in [3.63, 3.8) is 0 Å². The summed E-state index contributed by atoms with van der Waals surface area (Å²) in [6.45, 7) is 4.15. The van der Waals surface area contributed by atoms with Gasteiger partial charge in [0, 0.05) is 24.7 Å². The molecule has 3 N–H and O–H groups in total. The fraction of sp³-hybridized carbons (Fsp3) is 0.143. The molecule has 10 heteroatoms. The molecule has 0 saturated carbocycles. The van der Waals surface area contributed by atoms with E-state index < -0.39 is 5.97 Å². The molecule has 0 bridgehead atoms. The van der Waals surface area contributed by atoms with Crippen LogP contribution >= 0.6 is 0 Å². The number of nitrogens with one attached hydrogen (secondary N) is 2. The third kappa shape index (κ3) is 4.04. The average molecular weight is 417 g/mol. The van der Waals surface area contributed by atoms with E-state index in [2.05, 4.69) is 30.8 Å². The number of hydrogen-bond donors (Lipinski definition) is 3. The highest BCUT2D eigenvalue weighted by atomic mass is 16.4. The maximum atomic E-state index is 11.6. The smallest absolute Gasteiger partial charge is 0.336 e. The number of nitrogens with zero attached hydrogens (tertiary/aromatic N) is 5. The minimum absolute atomic E-state index is 0.0983. The van der Waals surface area contributed by atoms with Gasteiger partial charge in [-0.2, -0.15) is 5.10 Å². The molecule has 2 aromatic carbocycles. The first-order chi connectivity index (χ1) is 15.0. The largest absolute Gasteiger partial charge is 0.478 e. The summed E-state index contributed by atoms with van der Waals surface area (Å²) in [4.78, 5) is 33.5. The lowest BCUT2D eigenvalue weighted by atomic mass is 10.1. The Bertz CT molecular complexity index is 1240. The van der Waals surface area contributed by atoms with Crippen LogP contribution in [0.15, 0.2) is 52.6 Å². The number of carbonyl (C=O) groups is 2. The zero-order chi connectivity index (χ0) is 22.0. The maximum absolute atomic E-state index is 11.6. The number of carbonyl (C=O) groups excluding carboxylic acids is 1. The van der Waals surface area contributed by atoms with Crippen molar-refractivity contribution in [2.24, 2.45) is 10.1 Å². The maximum Gasteiger partial charge on any atom is 0.336 e. The van der Waals surface area contributed by atoms with E-state index in [1.807, 2.05) is 13.0 Å². The second-order valence-electron chi connectivity index (χ2n) is 6.68. The minimum atomic E-state index is -1.07. The van der Waals surface area contributed by atoms with Crippen molar-refractivity contribution in [2.45, 2.75) is 13.8 Å². The van der Waals surface area contributed by atoms with Crippen molar-refractivity contribution in [2.75, 3.05) is 17.2 Å². The van der Waals surface area contributed by atoms with E-state index >= 15 is 0 Å². The predicted molar refractivity (Wildman–Crippen MR) is 117 cm³/mol. The van der Waals surface area contributed by atoms with Crippen LogP contribution in [0, 0.1) is 0 Å². The van der Waals surface area contributed by atoms with Gasteiger partial charge < -0.3 is 15.7 Å². The molecule has 1 aliphatic heterocycles. The first kappa shape index (κ1) is 20.0. The van der Waals surface area contributed by atoms with Crippen LogP contribution in [-0.4, -0.2) is 50.3 Å². The normalized spacial score (nSPS) is 13.3. The van der Waals surface area contributed by atoms with E-state index in [0.717, 1.165) is 12.2 Å². The number of fused-ring (bicyclic) bond motifs is 1. The predicted octanol–water partition coefficient (Wildman–Crippen LogP) is 3.00. The van der Waals surface area contributed by atoms with E-state index in [0.29, 0.717) is 28.5 Å². The highest BCUT2D eigenvalue weighted by molar-refractivity contribution is 6.39. The van der Waals surface area contributed by atoms with Gasteiger partial charge in [-0.15, -0.1) is 9.89 Å². The number of benzene rings is 2. The average Bonchev–Trinajstić information content (AvgIpc) is 3.31.